The third kappa shape index (κ3) is 5.61. The number of β-lactam (4-membered cyclic amide) rings is 1. The number of aryl methyl sites for hydroxylation is 2. The number of benzene rings is 1. The number of halogens is 1. The second-order valence-electron chi connectivity index (χ2n) is 9.34. The molecule has 4 atom stereocenters. The van der Waals surface area contributed by atoms with Crippen LogP contribution in [0.4, 0.5) is 11.6 Å². The summed E-state index contributed by atoms with van der Waals surface area (Å²) in [6.07, 6.45) is 1.26. The molecule has 0 radical (unpaired) electrons. The number of pyridine rings is 1. The lowest BCUT2D eigenvalue weighted by Gasteiger charge is -2.49. The molecule has 0 aliphatic carbocycles. The molecule has 10 nitrogen and oxygen atoms in total. The van der Waals surface area contributed by atoms with Gasteiger partial charge in [-0.25, -0.2) is 4.98 Å². The van der Waals surface area contributed by atoms with Crippen molar-refractivity contribution in [1.29, 1.82) is 0 Å². The molecule has 196 valence electrons. The Morgan fingerprint density at radius 1 is 1.30 bits per heavy atom. The van der Waals surface area contributed by atoms with E-state index in [4.69, 9.17) is 17.3 Å². The van der Waals surface area contributed by atoms with Crippen LogP contribution in [0.5, 0.6) is 0 Å². The zero-order chi connectivity index (χ0) is 26.9. The summed E-state index contributed by atoms with van der Waals surface area (Å²) in [5.74, 6) is -0.563. The van der Waals surface area contributed by atoms with Gasteiger partial charge in [0.2, 0.25) is 5.91 Å². The van der Waals surface area contributed by atoms with Crippen LogP contribution in [0.25, 0.3) is 0 Å². The number of aliphatic hydroxyl groups is 1. The first-order valence-electron chi connectivity index (χ1n) is 12.1. The Bertz CT molecular complexity index is 1280. The van der Waals surface area contributed by atoms with E-state index in [2.05, 4.69) is 15.4 Å². The van der Waals surface area contributed by atoms with Crippen LogP contribution in [0.15, 0.2) is 48.7 Å². The van der Waals surface area contributed by atoms with Crippen LogP contribution in [0.1, 0.15) is 36.2 Å². The number of hydrogen-bond acceptors (Lipinski definition) is 7. The number of nitrogens with two attached hydrogens (primary N) is 1. The Morgan fingerprint density at radius 2 is 2.05 bits per heavy atom. The maximum Gasteiger partial charge on any atom is 0.251 e. The van der Waals surface area contributed by atoms with Gasteiger partial charge < -0.3 is 10.8 Å². The van der Waals surface area contributed by atoms with Gasteiger partial charge in [0.05, 0.1) is 5.92 Å². The van der Waals surface area contributed by atoms with E-state index < -0.39 is 18.3 Å². The van der Waals surface area contributed by atoms with Gasteiger partial charge in [-0.15, -0.1) is 0 Å². The predicted octanol–water partition coefficient (Wildman–Crippen LogP) is 2.41. The molecule has 3 heterocycles. The van der Waals surface area contributed by atoms with E-state index in [-0.39, 0.29) is 24.3 Å². The standard InChI is InChI=1S/C26H32ClN7O3/c1-5-20(17-7-6-8-18(27)14-17)30-26(37)34-23(25(36)33(4)22-9-10-32(3)31-22)19(24(34)35)12-16-11-15(2)29-21(28)13-16/h6-11,13-14,19-20,23,26,30,37H,5,12H2,1-4H3,(H2,28,29)/t19-,20-,23+,26?/m1/s1. The van der Waals surface area contributed by atoms with Crippen molar-refractivity contribution in [2.45, 2.75) is 45.1 Å². The van der Waals surface area contributed by atoms with Gasteiger partial charge in [0.1, 0.15) is 11.9 Å². The largest absolute Gasteiger partial charge is 0.384 e. The Labute approximate surface area is 221 Å². The molecule has 1 aromatic carbocycles. The van der Waals surface area contributed by atoms with Gasteiger partial charge in [-0.2, -0.15) is 5.10 Å². The fourth-order valence-corrected chi connectivity index (χ4v) is 5.00. The number of rotatable bonds is 9. The van der Waals surface area contributed by atoms with Crippen molar-refractivity contribution in [3.8, 4) is 0 Å². The lowest BCUT2D eigenvalue weighted by molar-refractivity contribution is -0.183. The van der Waals surface area contributed by atoms with E-state index in [1.807, 2.05) is 38.1 Å². The van der Waals surface area contributed by atoms with Crippen molar-refractivity contribution < 1.29 is 14.7 Å². The lowest BCUT2D eigenvalue weighted by Crippen LogP contribution is -2.72. The minimum absolute atomic E-state index is 0.285. The minimum atomic E-state index is -1.39. The number of aromatic nitrogens is 3. The predicted molar refractivity (Wildman–Crippen MR) is 141 cm³/mol. The first-order valence-corrected chi connectivity index (χ1v) is 12.5. The zero-order valence-corrected chi connectivity index (χ0v) is 22.1. The summed E-state index contributed by atoms with van der Waals surface area (Å²) in [4.78, 5) is 33.9. The number of likely N-dealkylation sites (tertiary alicyclic amines) is 1. The molecule has 37 heavy (non-hydrogen) atoms. The van der Waals surface area contributed by atoms with Gasteiger partial charge >= 0.3 is 0 Å². The molecule has 1 unspecified atom stereocenters. The summed E-state index contributed by atoms with van der Waals surface area (Å²) >= 11 is 6.16. The summed E-state index contributed by atoms with van der Waals surface area (Å²) in [5.41, 5.74) is 8.30. The fraction of sp³-hybridized carbons (Fsp3) is 0.385. The van der Waals surface area contributed by atoms with Crippen molar-refractivity contribution in [2.24, 2.45) is 13.0 Å². The monoisotopic (exact) mass is 525 g/mol. The molecule has 1 aliphatic rings. The summed E-state index contributed by atoms with van der Waals surface area (Å²) in [6, 6.07) is 11.4. The average Bonchev–Trinajstić information content (AvgIpc) is 3.28. The fourth-order valence-electron chi connectivity index (χ4n) is 4.80. The van der Waals surface area contributed by atoms with Crippen molar-refractivity contribution >= 4 is 35.1 Å². The molecule has 4 N–H and O–H groups in total. The Kier molecular flexibility index (Phi) is 7.82. The van der Waals surface area contributed by atoms with Crippen LogP contribution in [0, 0.1) is 12.8 Å². The summed E-state index contributed by atoms with van der Waals surface area (Å²) < 4.78 is 1.59. The molecule has 3 aromatic rings. The molecule has 11 heteroatoms. The minimum Gasteiger partial charge on any atom is -0.384 e. The molecule has 1 fully saturated rings. The van der Waals surface area contributed by atoms with Crippen LogP contribution >= 0.6 is 11.6 Å². The van der Waals surface area contributed by atoms with Gasteiger partial charge in [-0.3, -0.25) is 29.4 Å². The van der Waals surface area contributed by atoms with E-state index >= 15 is 0 Å². The molecule has 2 aromatic heterocycles. The summed E-state index contributed by atoms with van der Waals surface area (Å²) in [7, 11) is 3.37. The first kappa shape index (κ1) is 26.6. The van der Waals surface area contributed by atoms with Crippen LogP contribution in [-0.2, 0) is 23.1 Å². The maximum absolute atomic E-state index is 13.7. The van der Waals surface area contributed by atoms with Gasteiger partial charge in [-0.1, -0.05) is 30.7 Å². The molecule has 1 saturated heterocycles. The number of aliphatic hydroxyl groups excluding tert-OH is 1. The van der Waals surface area contributed by atoms with E-state index in [0.29, 0.717) is 23.1 Å². The Balaban J connectivity index is 1.61. The third-order valence-electron chi connectivity index (χ3n) is 6.64. The molecule has 0 bridgehead atoms. The molecular weight excluding hydrogens is 494 g/mol. The number of carbonyl (C=O) groups excluding carboxylic acids is 2. The number of amides is 2. The van der Waals surface area contributed by atoms with Crippen LogP contribution in [0.3, 0.4) is 0 Å². The first-order chi connectivity index (χ1) is 17.6. The van der Waals surface area contributed by atoms with Gasteiger partial charge in [-0.05, 0) is 55.2 Å². The van der Waals surface area contributed by atoms with Crippen LogP contribution < -0.4 is 16.0 Å². The maximum atomic E-state index is 13.7. The summed E-state index contributed by atoms with van der Waals surface area (Å²) in [6.45, 7) is 3.78. The number of carbonyl (C=O) groups is 2. The summed E-state index contributed by atoms with van der Waals surface area (Å²) in [5, 5.41) is 19.1. The second-order valence-corrected chi connectivity index (χ2v) is 9.78. The van der Waals surface area contributed by atoms with E-state index in [9.17, 15) is 14.7 Å². The number of nitrogen functional groups attached to an aromatic ring is 1. The zero-order valence-electron chi connectivity index (χ0n) is 21.3. The molecular formula is C26H32ClN7O3. The third-order valence-corrected chi connectivity index (χ3v) is 6.88. The topological polar surface area (TPSA) is 130 Å². The SMILES string of the molecule is CC[C@@H](NC(O)N1C(=O)[C@H](Cc2cc(C)nc(N)c2)[C@H]1C(=O)N(C)c1ccn(C)n1)c1cccc(Cl)c1. The molecule has 0 saturated carbocycles. The van der Waals surface area contributed by atoms with Crippen molar-refractivity contribution in [2.75, 3.05) is 17.7 Å². The highest BCUT2D eigenvalue weighted by Crippen LogP contribution is 2.34. The van der Waals surface area contributed by atoms with Gasteiger partial charge in [0.25, 0.3) is 5.91 Å². The van der Waals surface area contributed by atoms with E-state index in [0.717, 1.165) is 16.8 Å². The number of nitrogens with one attached hydrogen (secondary N) is 1. The average molecular weight is 526 g/mol. The van der Waals surface area contributed by atoms with Crippen molar-refractivity contribution in [1.82, 2.24) is 25.0 Å². The highest BCUT2D eigenvalue weighted by Gasteiger charge is 2.55. The smallest absolute Gasteiger partial charge is 0.251 e. The van der Waals surface area contributed by atoms with Gasteiger partial charge in [0, 0.05) is 43.1 Å². The van der Waals surface area contributed by atoms with Gasteiger partial charge in [0.15, 0.2) is 12.2 Å². The number of hydrogen-bond donors (Lipinski definition) is 3. The van der Waals surface area contributed by atoms with Crippen molar-refractivity contribution in [3.63, 3.8) is 0 Å². The normalized spacial score (nSPS) is 18.9. The Hall–Kier alpha value is -3.47. The molecule has 0 spiro atoms. The Morgan fingerprint density at radius 3 is 2.68 bits per heavy atom. The van der Waals surface area contributed by atoms with Crippen LogP contribution in [-0.4, -0.2) is 56.0 Å². The number of likely N-dealkylation sites (N-methyl/N-ethyl adjacent to an activating group) is 1. The number of nitrogens with zero attached hydrogens (tertiary/aromatic N) is 5. The highest BCUT2D eigenvalue weighted by atomic mass is 35.5. The van der Waals surface area contributed by atoms with Crippen molar-refractivity contribution in [3.05, 3.63) is 70.5 Å². The molecule has 1 aliphatic heterocycles. The lowest BCUT2D eigenvalue weighted by atomic mass is 9.81. The number of anilines is 2. The van der Waals surface area contributed by atoms with E-state index in [1.165, 1.54) is 9.80 Å². The van der Waals surface area contributed by atoms with Crippen LogP contribution in [0.2, 0.25) is 5.02 Å². The van der Waals surface area contributed by atoms with E-state index in [1.54, 1.807) is 43.2 Å². The second kappa shape index (κ2) is 10.9. The highest BCUT2D eigenvalue weighted by molar-refractivity contribution is 6.30. The molecule has 2 amide bonds. The quantitative estimate of drug-likeness (QED) is 0.289. The molecule has 4 rings (SSSR count).